The fourth-order valence-electron chi connectivity index (χ4n) is 3.37. The maximum absolute atomic E-state index is 13.0. The molecule has 0 bridgehead atoms. The number of aromatic nitrogens is 2. The van der Waals surface area contributed by atoms with Crippen molar-refractivity contribution >= 4 is 50.4 Å². The van der Waals surface area contributed by atoms with E-state index in [9.17, 15) is 13.5 Å². The van der Waals surface area contributed by atoms with Gasteiger partial charge in [-0.25, -0.2) is 8.42 Å². The van der Waals surface area contributed by atoms with Crippen LogP contribution in [-0.4, -0.2) is 64.7 Å². The topological polar surface area (TPSA) is 124 Å². The Morgan fingerprint density at radius 1 is 1.22 bits per heavy atom. The Morgan fingerprint density at radius 3 is 2.72 bits per heavy atom. The fourth-order valence-corrected chi connectivity index (χ4v) is 6.66. The first-order valence-corrected chi connectivity index (χ1v) is 13.3. The number of sulfonamides is 1. The van der Waals surface area contributed by atoms with Crippen LogP contribution in [0.15, 0.2) is 26.3 Å². The van der Waals surface area contributed by atoms with Gasteiger partial charge in [-0.05, 0) is 25.1 Å². The first-order valence-electron chi connectivity index (χ1n) is 10.3. The van der Waals surface area contributed by atoms with Gasteiger partial charge < -0.3 is 25.1 Å². The van der Waals surface area contributed by atoms with Gasteiger partial charge in [0.1, 0.15) is 5.76 Å². The van der Waals surface area contributed by atoms with Crippen LogP contribution in [0.5, 0.6) is 5.75 Å². The SMILES string of the molecule is CCCc1coc(CNc2nsnc2Nc2csc(S(=O)(=O)N3CCN(C)CC3)c2O)c1. The van der Waals surface area contributed by atoms with Crippen molar-refractivity contribution in [3.63, 3.8) is 0 Å². The Kier molecular flexibility index (Phi) is 7.00. The smallest absolute Gasteiger partial charge is 0.256 e. The Balaban J connectivity index is 1.44. The Labute approximate surface area is 195 Å². The Hall–Kier alpha value is -2.19. The van der Waals surface area contributed by atoms with E-state index >= 15 is 0 Å². The molecule has 13 heteroatoms. The first kappa shape index (κ1) is 23.0. The van der Waals surface area contributed by atoms with Gasteiger partial charge in [0.05, 0.1) is 30.2 Å². The van der Waals surface area contributed by atoms with E-state index < -0.39 is 10.0 Å². The second kappa shape index (κ2) is 9.75. The number of nitrogens with zero attached hydrogens (tertiary/aromatic N) is 4. The molecule has 1 fully saturated rings. The van der Waals surface area contributed by atoms with Gasteiger partial charge in [-0.3, -0.25) is 0 Å². The van der Waals surface area contributed by atoms with Crippen LogP contribution in [0, 0.1) is 0 Å². The number of hydrogen-bond donors (Lipinski definition) is 3. The summed E-state index contributed by atoms with van der Waals surface area (Å²) in [7, 11) is -1.80. The maximum Gasteiger partial charge on any atom is 0.256 e. The van der Waals surface area contributed by atoms with Crippen molar-refractivity contribution in [2.24, 2.45) is 0 Å². The lowest BCUT2D eigenvalue weighted by Gasteiger charge is -2.31. The van der Waals surface area contributed by atoms with Crippen LogP contribution >= 0.6 is 23.1 Å². The first-order chi connectivity index (χ1) is 15.4. The van der Waals surface area contributed by atoms with Gasteiger partial charge in [0, 0.05) is 31.6 Å². The summed E-state index contributed by atoms with van der Waals surface area (Å²) < 4.78 is 41.3. The molecule has 1 saturated heterocycles. The molecule has 0 radical (unpaired) electrons. The molecular weight excluding hydrogens is 472 g/mol. The van der Waals surface area contributed by atoms with Gasteiger partial charge in [0.15, 0.2) is 21.6 Å². The summed E-state index contributed by atoms with van der Waals surface area (Å²) >= 11 is 2.00. The van der Waals surface area contributed by atoms with Crippen molar-refractivity contribution in [3.8, 4) is 5.75 Å². The van der Waals surface area contributed by atoms with Crippen LogP contribution in [0.4, 0.5) is 17.3 Å². The molecule has 10 nitrogen and oxygen atoms in total. The highest BCUT2D eigenvalue weighted by molar-refractivity contribution is 7.91. The zero-order valence-electron chi connectivity index (χ0n) is 17.9. The number of thiophene rings is 1. The van der Waals surface area contributed by atoms with Crippen molar-refractivity contribution in [2.75, 3.05) is 43.9 Å². The normalized spacial score (nSPS) is 15.8. The molecule has 1 aliphatic heterocycles. The molecule has 0 saturated carbocycles. The predicted molar refractivity (Wildman–Crippen MR) is 125 cm³/mol. The average Bonchev–Trinajstić information content (AvgIpc) is 3.49. The van der Waals surface area contributed by atoms with Crippen LogP contribution in [0.3, 0.4) is 0 Å². The summed E-state index contributed by atoms with van der Waals surface area (Å²) in [6.07, 6.45) is 3.77. The number of aryl methyl sites for hydroxylation is 1. The third-order valence-electron chi connectivity index (χ3n) is 5.19. The van der Waals surface area contributed by atoms with Crippen LogP contribution in [-0.2, 0) is 23.0 Å². The highest BCUT2D eigenvalue weighted by Crippen LogP contribution is 2.41. The van der Waals surface area contributed by atoms with Crippen LogP contribution in [0.2, 0.25) is 0 Å². The van der Waals surface area contributed by atoms with E-state index in [0.717, 1.165) is 47.2 Å². The summed E-state index contributed by atoms with van der Waals surface area (Å²) in [5.41, 5.74) is 1.43. The summed E-state index contributed by atoms with van der Waals surface area (Å²) in [5.74, 6) is 1.39. The quantitative estimate of drug-likeness (QED) is 0.408. The maximum atomic E-state index is 13.0. The average molecular weight is 499 g/mol. The number of aromatic hydroxyl groups is 1. The van der Waals surface area contributed by atoms with Crippen molar-refractivity contribution in [3.05, 3.63) is 29.0 Å². The third-order valence-corrected chi connectivity index (χ3v) is 9.10. The van der Waals surface area contributed by atoms with Crippen LogP contribution in [0.25, 0.3) is 0 Å². The molecule has 174 valence electrons. The molecule has 0 amide bonds. The van der Waals surface area contributed by atoms with Crippen LogP contribution < -0.4 is 10.6 Å². The van der Waals surface area contributed by atoms with E-state index in [-0.39, 0.29) is 15.6 Å². The molecule has 1 aliphatic rings. The molecule has 3 aromatic heterocycles. The van der Waals surface area contributed by atoms with E-state index in [1.54, 1.807) is 11.6 Å². The molecule has 4 rings (SSSR count). The largest absolute Gasteiger partial charge is 0.504 e. The zero-order chi connectivity index (χ0) is 22.7. The van der Waals surface area contributed by atoms with Crippen molar-refractivity contribution in [1.29, 1.82) is 0 Å². The lowest BCUT2D eigenvalue weighted by molar-refractivity contribution is 0.222. The molecule has 32 heavy (non-hydrogen) atoms. The van der Waals surface area contributed by atoms with E-state index in [4.69, 9.17) is 4.42 Å². The molecule has 3 aromatic rings. The van der Waals surface area contributed by atoms with E-state index in [2.05, 4.69) is 31.2 Å². The molecule has 4 heterocycles. The summed E-state index contributed by atoms with van der Waals surface area (Å²) in [5, 5.41) is 18.4. The van der Waals surface area contributed by atoms with Crippen LogP contribution in [0.1, 0.15) is 24.7 Å². The fraction of sp³-hybridized carbons (Fsp3) is 0.474. The number of nitrogens with one attached hydrogen (secondary N) is 2. The van der Waals surface area contributed by atoms with Gasteiger partial charge in [-0.1, -0.05) is 13.3 Å². The molecule has 0 unspecified atom stereocenters. The van der Waals surface area contributed by atoms with Gasteiger partial charge >= 0.3 is 0 Å². The van der Waals surface area contributed by atoms with Gasteiger partial charge in [0.2, 0.25) is 0 Å². The summed E-state index contributed by atoms with van der Waals surface area (Å²) in [6.45, 7) is 4.66. The molecule has 0 aliphatic carbocycles. The number of likely N-dealkylation sites (N-methyl/N-ethyl adjacent to an activating group) is 1. The van der Waals surface area contributed by atoms with E-state index in [1.165, 1.54) is 4.31 Å². The highest BCUT2D eigenvalue weighted by Gasteiger charge is 2.32. The molecule has 0 atom stereocenters. The number of piperazine rings is 1. The lowest BCUT2D eigenvalue weighted by Crippen LogP contribution is -2.46. The summed E-state index contributed by atoms with van der Waals surface area (Å²) in [4.78, 5) is 2.07. The number of hydrogen-bond acceptors (Lipinski definition) is 11. The second-order valence-electron chi connectivity index (χ2n) is 7.60. The lowest BCUT2D eigenvalue weighted by atomic mass is 10.2. The zero-order valence-corrected chi connectivity index (χ0v) is 20.3. The monoisotopic (exact) mass is 498 g/mol. The number of anilines is 3. The summed E-state index contributed by atoms with van der Waals surface area (Å²) in [6, 6.07) is 2.00. The Bertz CT molecular complexity index is 1150. The second-order valence-corrected chi connectivity index (χ2v) is 11.1. The Morgan fingerprint density at radius 2 is 1.97 bits per heavy atom. The number of furan rings is 1. The van der Waals surface area contributed by atoms with Gasteiger partial charge in [-0.2, -0.15) is 13.1 Å². The minimum absolute atomic E-state index is 0.0682. The highest BCUT2D eigenvalue weighted by atomic mass is 32.2. The number of rotatable bonds is 9. The predicted octanol–water partition coefficient (Wildman–Crippen LogP) is 3.14. The van der Waals surface area contributed by atoms with Crippen molar-refractivity contribution in [2.45, 2.75) is 30.5 Å². The van der Waals surface area contributed by atoms with Crippen molar-refractivity contribution < 1.29 is 17.9 Å². The molecule has 0 aromatic carbocycles. The minimum Gasteiger partial charge on any atom is -0.504 e. The minimum atomic E-state index is -3.76. The van der Waals surface area contributed by atoms with E-state index in [1.807, 2.05) is 13.1 Å². The molecule has 3 N–H and O–H groups in total. The van der Waals surface area contributed by atoms with Gasteiger partial charge in [0.25, 0.3) is 10.0 Å². The molecular formula is C19H26N6O4S3. The molecule has 0 spiro atoms. The standard InChI is InChI=1S/C19H26N6O4S3/c1-3-4-13-9-14(29-11-13)10-20-17-18(23-31-22-17)21-15-12-30-19(16(15)26)32(27,28)25-7-5-24(2)6-8-25/h9,11-12,26H,3-8,10H2,1-2H3,(H,20,22)(H,21,23). The third kappa shape index (κ3) is 4.91. The van der Waals surface area contributed by atoms with Crippen molar-refractivity contribution in [1.82, 2.24) is 18.0 Å². The van der Waals surface area contributed by atoms with Gasteiger partial charge in [-0.15, -0.1) is 11.3 Å². The van der Waals surface area contributed by atoms with E-state index in [0.29, 0.717) is 44.4 Å².